The van der Waals surface area contributed by atoms with Crippen LogP contribution in [0.4, 0.5) is 0 Å². The van der Waals surface area contributed by atoms with E-state index < -0.39 is 11.9 Å². The van der Waals surface area contributed by atoms with E-state index in [0.717, 1.165) is 25.7 Å². The molecule has 0 aromatic carbocycles. The van der Waals surface area contributed by atoms with Crippen LogP contribution in [0.1, 0.15) is 45.4 Å². The molecule has 1 amide bonds. The van der Waals surface area contributed by atoms with Crippen LogP contribution in [0.15, 0.2) is 0 Å². The Bertz CT molecular complexity index is 287. The zero-order valence-corrected chi connectivity index (χ0v) is 10.4. The van der Waals surface area contributed by atoms with E-state index in [-0.39, 0.29) is 18.0 Å². The molecule has 0 aromatic rings. The standard InChI is InChI=1S/C12H22N2O3/c1-2-4-9(11(16)17)8-14-10(15)7-12(13)5-3-6-12/h9H,2-8,13H2,1H3,(H,14,15)(H,16,17). The topological polar surface area (TPSA) is 92.4 Å². The number of nitrogens with one attached hydrogen (secondary N) is 1. The minimum absolute atomic E-state index is 0.130. The number of nitrogens with two attached hydrogens (primary N) is 1. The second kappa shape index (κ2) is 6.00. The summed E-state index contributed by atoms with van der Waals surface area (Å²) in [4.78, 5) is 22.5. The van der Waals surface area contributed by atoms with Crippen LogP contribution < -0.4 is 11.1 Å². The van der Waals surface area contributed by atoms with Crippen molar-refractivity contribution in [2.45, 2.75) is 51.0 Å². The van der Waals surface area contributed by atoms with Crippen LogP contribution in [0.3, 0.4) is 0 Å². The number of hydrogen-bond donors (Lipinski definition) is 3. The SMILES string of the molecule is CCCC(CNC(=O)CC1(N)CCC1)C(=O)O. The highest BCUT2D eigenvalue weighted by Crippen LogP contribution is 2.31. The summed E-state index contributed by atoms with van der Waals surface area (Å²) in [7, 11) is 0. The largest absolute Gasteiger partial charge is 0.481 e. The van der Waals surface area contributed by atoms with Gasteiger partial charge in [0.15, 0.2) is 0 Å². The maximum Gasteiger partial charge on any atom is 0.308 e. The van der Waals surface area contributed by atoms with E-state index in [1.165, 1.54) is 0 Å². The molecule has 0 bridgehead atoms. The van der Waals surface area contributed by atoms with E-state index in [0.29, 0.717) is 12.8 Å². The van der Waals surface area contributed by atoms with Crippen molar-refractivity contribution in [3.63, 3.8) is 0 Å². The molecule has 1 aliphatic carbocycles. The Labute approximate surface area is 102 Å². The summed E-state index contributed by atoms with van der Waals surface area (Å²) in [6.45, 7) is 2.14. The Kier molecular flexibility index (Phi) is 4.93. The maximum absolute atomic E-state index is 11.6. The Hall–Kier alpha value is -1.10. The van der Waals surface area contributed by atoms with Gasteiger partial charge in [-0.3, -0.25) is 9.59 Å². The van der Waals surface area contributed by atoms with Crippen LogP contribution in [0.25, 0.3) is 0 Å². The van der Waals surface area contributed by atoms with Gasteiger partial charge in [-0.1, -0.05) is 13.3 Å². The molecular weight excluding hydrogens is 220 g/mol. The molecule has 17 heavy (non-hydrogen) atoms. The third-order valence-corrected chi connectivity index (χ3v) is 3.39. The van der Waals surface area contributed by atoms with Gasteiger partial charge in [0.1, 0.15) is 0 Å². The Morgan fingerprint density at radius 3 is 2.53 bits per heavy atom. The van der Waals surface area contributed by atoms with Crippen molar-refractivity contribution in [1.82, 2.24) is 5.32 Å². The molecule has 1 rings (SSSR count). The van der Waals surface area contributed by atoms with E-state index in [4.69, 9.17) is 10.8 Å². The third kappa shape index (κ3) is 4.34. The number of aliphatic carboxylic acids is 1. The Morgan fingerprint density at radius 1 is 1.47 bits per heavy atom. The molecule has 0 heterocycles. The maximum atomic E-state index is 11.6. The lowest BCUT2D eigenvalue weighted by molar-refractivity contribution is -0.142. The molecule has 1 atom stereocenters. The molecular formula is C12H22N2O3. The van der Waals surface area contributed by atoms with E-state index in [2.05, 4.69) is 5.32 Å². The molecule has 0 radical (unpaired) electrons. The first-order valence-electron chi connectivity index (χ1n) is 6.25. The van der Waals surface area contributed by atoms with Crippen LogP contribution in [-0.2, 0) is 9.59 Å². The first-order valence-corrected chi connectivity index (χ1v) is 6.25. The fourth-order valence-electron chi connectivity index (χ4n) is 2.09. The fraction of sp³-hybridized carbons (Fsp3) is 0.833. The first kappa shape index (κ1) is 14.0. The normalized spacial score (nSPS) is 19.2. The van der Waals surface area contributed by atoms with E-state index in [9.17, 15) is 9.59 Å². The molecule has 1 saturated carbocycles. The summed E-state index contributed by atoms with van der Waals surface area (Å²) >= 11 is 0. The molecule has 0 aromatic heterocycles. The number of carbonyl (C=O) groups is 2. The Balaban J connectivity index is 2.28. The molecule has 5 nitrogen and oxygen atoms in total. The lowest BCUT2D eigenvalue weighted by Gasteiger charge is -2.37. The van der Waals surface area contributed by atoms with Crippen LogP contribution in [0.5, 0.6) is 0 Å². The van der Waals surface area contributed by atoms with E-state index >= 15 is 0 Å². The monoisotopic (exact) mass is 242 g/mol. The summed E-state index contributed by atoms with van der Waals surface area (Å²) in [5.74, 6) is -1.47. The average molecular weight is 242 g/mol. The third-order valence-electron chi connectivity index (χ3n) is 3.39. The smallest absolute Gasteiger partial charge is 0.308 e. The quantitative estimate of drug-likeness (QED) is 0.617. The van der Waals surface area contributed by atoms with Gasteiger partial charge in [-0.25, -0.2) is 0 Å². The molecule has 5 heteroatoms. The van der Waals surface area contributed by atoms with Gasteiger partial charge in [0.05, 0.1) is 5.92 Å². The van der Waals surface area contributed by atoms with Gasteiger partial charge in [0, 0.05) is 18.5 Å². The highest BCUT2D eigenvalue weighted by atomic mass is 16.4. The van der Waals surface area contributed by atoms with Gasteiger partial charge in [-0.15, -0.1) is 0 Å². The van der Waals surface area contributed by atoms with E-state index in [1.54, 1.807) is 0 Å². The molecule has 0 spiro atoms. The molecule has 1 unspecified atom stereocenters. The van der Waals surface area contributed by atoms with Crippen molar-refractivity contribution in [1.29, 1.82) is 0 Å². The van der Waals surface area contributed by atoms with E-state index in [1.807, 2.05) is 6.92 Å². The van der Waals surface area contributed by atoms with Crippen LogP contribution in [-0.4, -0.2) is 29.1 Å². The predicted molar refractivity (Wildman–Crippen MR) is 64.4 cm³/mol. The van der Waals surface area contributed by atoms with Crippen molar-refractivity contribution in [3.8, 4) is 0 Å². The number of carboxylic acid groups (broad SMARTS) is 1. The summed E-state index contributed by atoms with van der Waals surface area (Å²) in [6.07, 6.45) is 4.55. The van der Waals surface area contributed by atoms with Crippen LogP contribution in [0, 0.1) is 5.92 Å². The molecule has 98 valence electrons. The first-order chi connectivity index (χ1) is 7.97. The number of rotatable bonds is 7. The van der Waals surface area contributed by atoms with Gasteiger partial charge >= 0.3 is 5.97 Å². The summed E-state index contributed by atoms with van der Waals surface area (Å²) in [6, 6.07) is 0. The molecule has 0 saturated heterocycles. The average Bonchev–Trinajstić information content (AvgIpc) is 2.21. The van der Waals surface area contributed by atoms with Crippen molar-refractivity contribution < 1.29 is 14.7 Å². The number of carboxylic acids is 1. The molecule has 4 N–H and O–H groups in total. The van der Waals surface area contributed by atoms with Crippen molar-refractivity contribution in [2.24, 2.45) is 11.7 Å². The zero-order valence-electron chi connectivity index (χ0n) is 10.4. The van der Waals surface area contributed by atoms with Gasteiger partial charge in [-0.2, -0.15) is 0 Å². The van der Waals surface area contributed by atoms with Crippen molar-refractivity contribution >= 4 is 11.9 Å². The zero-order chi connectivity index (χ0) is 12.9. The van der Waals surface area contributed by atoms with Crippen LogP contribution >= 0.6 is 0 Å². The molecule has 0 aliphatic heterocycles. The minimum Gasteiger partial charge on any atom is -0.481 e. The van der Waals surface area contributed by atoms with Crippen LogP contribution in [0.2, 0.25) is 0 Å². The summed E-state index contributed by atoms with van der Waals surface area (Å²) < 4.78 is 0. The number of amides is 1. The van der Waals surface area contributed by atoms with Gasteiger partial charge in [-0.05, 0) is 25.7 Å². The lowest BCUT2D eigenvalue weighted by atomic mass is 9.75. The predicted octanol–water partition coefficient (Wildman–Crippen LogP) is 0.875. The minimum atomic E-state index is -0.849. The van der Waals surface area contributed by atoms with Crippen molar-refractivity contribution in [3.05, 3.63) is 0 Å². The fourth-order valence-corrected chi connectivity index (χ4v) is 2.09. The summed E-state index contributed by atoms with van der Waals surface area (Å²) in [5, 5.41) is 11.6. The van der Waals surface area contributed by atoms with Gasteiger partial charge in [0.2, 0.25) is 5.91 Å². The molecule has 1 aliphatic rings. The highest BCUT2D eigenvalue weighted by Gasteiger charge is 2.34. The van der Waals surface area contributed by atoms with Gasteiger partial charge < -0.3 is 16.2 Å². The lowest BCUT2D eigenvalue weighted by Crippen LogP contribution is -2.50. The van der Waals surface area contributed by atoms with Gasteiger partial charge in [0.25, 0.3) is 0 Å². The Morgan fingerprint density at radius 2 is 2.12 bits per heavy atom. The summed E-state index contributed by atoms with van der Waals surface area (Å²) in [5.41, 5.74) is 5.61. The molecule has 1 fully saturated rings. The van der Waals surface area contributed by atoms with Crippen molar-refractivity contribution in [2.75, 3.05) is 6.54 Å². The second-order valence-corrected chi connectivity index (χ2v) is 5.02. The highest BCUT2D eigenvalue weighted by molar-refractivity contribution is 5.78. The number of hydrogen-bond acceptors (Lipinski definition) is 3. The second-order valence-electron chi connectivity index (χ2n) is 5.02. The number of carbonyl (C=O) groups excluding carboxylic acids is 1.